The van der Waals surface area contributed by atoms with Crippen LogP contribution in [0.5, 0.6) is 0 Å². The van der Waals surface area contributed by atoms with Gasteiger partial charge >= 0.3 is 18.1 Å². The molecule has 1 saturated heterocycles. The van der Waals surface area contributed by atoms with Crippen molar-refractivity contribution in [2.24, 2.45) is 0 Å². The minimum absolute atomic E-state index is 0.189. The van der Waals surface area contributed by atoms with Crippen LogP contribution >= 0.6 is 11.3 Å². The quantitative estimate of drug-likeness (QED) is 0.407. The first-order valence-corrected chi connectivity index (χ1v) is 13.8. The van der Waals surface area contributed by atoms with Crippen molar-refractivity contribution in [1.82, 2.24) is 15.3 Å². The van der Waals surface area contributed by atoms with Gasteiger partial charge in [-0.1, -0.05) is 12.1 Å². The first kappa shape index (κ1) is 28.9. The van der Waals surface area contributed by atoms with E-state index in [2.05, 4.69) is 10.4 Å². The average molecular weight is 570 g/mol. The van der Waals surface area contributed by atoms with E-state index in [9.17, 15) is 14.4 Å². The summed E-state index contributed by atoms with van der Waals surface area (Å²) in [7, 11) is 0. The van der Waals surface area contributed by atoms with E-state index in [-0.39, 0.29) is 11.1 Å². The van der Waals surface area contributed by atoms with E-state index in [1.165, 1.54) is 11.3 Å². The molecule has 0 aliphatic carbocycles. The molecule has 0 radical (unpaired) electrons. The highest BCUT2D eigenvalue weighted by molar-refractivity contribution is 7.12. The summed E-state index contributed by atoms with van der Waals surface area (Å²) in [5, 5.41) is 3.12. The fourth-order valence-electron chi connectivity index (χ4n) is 3.93. The summed E-state index contributed by atoms with van der Waals surface area (Å²) in [4.78, 5) is 47.1. The number of furan rings is 1. The van der Waals surface area contributed by atoms with Crippen molar-refractivity contribution in [1.29, 1.82) is 0 Å². The summed E-state index contributed by atoms with van der Waals surface area (Å²) in [5.41, 5.74) is 3.32. The van der Waals surface area contributed by atoms with Gasteiger partial charge in [0, 0.05) is 37.1 Å². The number of hydrazine groups is 1. The third-order valence-electron chi connectivity index (χ3n) is 5.69. The maximum atomic E-state index is 13.7. The molecule has 1 fully saturated rings. The molecule has 12 heteroatoms. The number of ether oxygens (including phenoxy) is 2. The predicted octanol–water partition coefficient (Wildman–Crippen LogP) is 5.55. The van der Waals surface area contributed by atoms with Gasteiger partial charge in [0.25, 0.3) is 0 Å². The van der Waals surface area contributed by atoms with Crippen molar-refractivity contribution in [3.63, 3.8) is 0 Å². The molecular formula is C28H35N5O6S. The third kappa shape index (κ3) is 7.53. The van der Waals surface area contributed by atoms with Gasteiger partial charge in [0.15, 0.2) is 5.01 Å². The molecule has 214 valence electrons. The summed E-state index contributed by atoms with van der Waals surface area (Å²) in [6.45, 7) is 12.8. The summed E-state index contributed by atoms with van der Waals surface area (Å²) in [5.74, 6) is 0.111. The minimum Gasteiger partial charge on any atom is -0.472 e. The Labute approximate surface area is 237 Å². The lowest BCUT2D eigenvalue weighted by atomic mass is 10.1. The highest BCUT2D eigenvalue weighted by Gasteiger charge is 2.29. The summed E-state index contributed by atoms with van der Waals surface area (Å²) in [6.07, 6.45) is 2.05. The number of piperazine rings is 1. The maximum Gasteiger partial charge on any atom is 0.427 e. The molecule has 0 saturated carbocycles. The fourth-order valence-corrected chi connectivity index (χ4v) is 4.68. The number of hydrogen-bond acceptors (Lipinski definition) is 9. The Morgan fingerprint density at radius 1 is 0.975 bits per heavy atom. The van der Waals surface area contributed by atoms with E-state index in [4.69, 9.17) is 13.9 Å². The zero-order valence-electron chi connectivity index (χ0n) is 23.6. The fraction of sp³-hybridized carbons (Fsp3) is 0.429. The molecule has 2 aromatic heterocycles. The van der Waals surface area contributed by atoms with Crippen LogP contribution in [0.4, 0.5) is 21.1 Å². The van der Waals surface area contributed by atoms with Crippen molar-refractivity contribution in [2.45, 2.75) is 52.7 Å². The molecule has 1 aromatic carbocycles. The SMILES string of the molecule is CC(C)(C)OC(=O)NN(C(=O)c1nc(N2CCN(C(=O)OC(C)(C)C)CC2)cs1)c1cccc(-c2ccoc2)c1. The van der Waals surface area contributed by atoms with Crippen LogP contribution in [0.3, 0.4) is 0 Å². The number of carbonyl (C=O) groups is 3. The van der Waals surface area contributed by atoms with E-state index in [1.807, 2.05) is 37.8 Å². The third-order valence-corrected chi connectivity index (χ3v) is 6.51. The van der Waals surface area contributed by atoms with Gasteiger partial charge in [-0.25, -0.2) is 25.0 Å². The molecule has 0 atom stereocenters. The van der Waals surface area contributed by atoms with Crippen molar-refractivity contribution >= 4 is 40.9 Å². The van der Waals surface area contributed by atoms with Gasteiger partial charge in [-0.3, -0.25) is 4.79 Å². The van der Waals surface area contributed by atoms with Gasteiger partial charge in [0.05, 0.1) is 18.2 Å². The number of hydrogen-bond donors (Lipinski definition) is 1. The first-order chi connectivity index (χ1) is 18.8. The van der Waals surface area contributed by atoms with Crippen LogP contribution in [0, 0.1) is 0 Å². The first-order valence-electron chi connectivity index (χ1n) is 12.9. The molecule has 3 amide bonds. The Kier molecular flexibility index (Phi) is 8.38. The number of rotatable bonds is 4. The normalized spacial score (nSPS) is 14.1. The van der Waals surface area contributed by atoms with Gasteiger partial charge < -0.3 is 23.7 Å². The molecule has 1 N–H and O–H groups in total. The van der Waals surface area contributed by atoms with Gasteiger partial charge in [-0.05, 0) is 65.3 Å². The Hall–Kier alpha value is -4.06. The number of nitrogens with one attached hydrogen (secondary N) is 1. The average Bonchev–Trinajstić information content (AvgIpc) is 3.58. The molecule has 1 aliphatic heterocycles. The number of benzene rings is 1. The lowest BCUT2D eigenvalue weighted by molar-refractivity contribution is 0.0240. The number of nitrogens with zero attached hydrogens (tertiary/aromatic N) is 4. The molecule has 0 unspecified atom stereocenters. The van der Waals surface area contributed by atoms with Crippen LogP contribution in [-0.2, 0) is 9.47 Å². The molecule has 4 rings (SSSR count). The van der Waals surface area contributed by atoms with Crippen LogP contribution in [0.25, 0.3) is 11.1 Å². The van der Waals surface area contributed by atoms with Crippen molar-refractivity contribution in [3.8, 4) is 11.1 Å². The second kappa shape index (κ2) is 11.6. The second-order valence-corrected chi connectivity index (χ2v) is 12.1. The Morgan fingerprint density at radius 2 is 1.68 bits per heavy atom. The van der Waals surface area contributed by atoms with E-state index in [0.717, 1.165) is 16.1 Å². The molecule has 1 aliphatic rings. The molecule has 0 bridgehead atoms. The molecule has 3 aromatic rings. The van der Waals surface area contributed by atoms with Crippen molar-refractivity contribution in [3.05, 3.63) is 53.2 Å². The molecular weight excluding hydrogens is 534 g/mol. The highest BCUT2D eigenvalue weighted by Crippen LogP contribution is 2.27. The van der Waals surface area contributed by atoms with Crippen LogP contribution in [0.2, 0.25) is 0 Å². The van der Waals surface area contributed by atoms with Crippen molar-refractivity contribution < 1.29 is 28.3 Å². The molecule has 0 spiro atoms. The Bertz CT molecular complexity index is 1330. The molecule has 3 heterocycles. The highest BCUT2D eigenvalue weighted by atomic mass is 32.1. The Balaban J connectivity index is 1.51. The standard InChI is InChI=1S/C28H35N5O6S/c1-27(2,3)38-25(35)30-33(21-9-7-8-19(16-21)20-10-15-37-17-20)24(34)23-29-22(18-40-23)31-11-13-32(14-12-31)26(36)39-28(4,5)6/h7-10,15-18H,11-14H2,1-6H3,(H,30,35). The number of amides is 3. The number of aromatic nitrogens is 1. The van der Waals surface area contributed by atoms with Crippen LogP contribution in [0.1, 0.15) is 51.3 Å². The smallest absolute Gasteiger partial charge is 0.427 e. The van der Waals surface area contributed by atoms with Gasteiger partial charge in [-0.15, -0.1) is 11.3 Å². The van der Waals surface area contributed by atoms with E-state index in [0.29, 0.717) is 37.7 Å². The number of carbonyl (C=O) groups excluding carboxylic acids is 3. The zero-order valence-corrected chi connectivity index (χ0v) is 24.4. The Morgan fingerprint density at radius 3 is 2.30 bits per heavy atom. The van der Waals surface area contributed by atoms with Crippen LogP contribution in [0.15, 0.2) is 52.7 Å². The van der Waals surface area contributed by atoms with Crippen LogP contribution in [-0.4, -0.2) is 65.4 Å². The lowest BCUT2D eigenvalue weighted by Crippen LogP contribution is -2.50. The van der Waals surface area contributed by atoms with E-state index in [1.54, 1.807) is 61.8 Å². The minimum atomic E-state index is -0.774. The molecule has 11 nitrogen and oxygen atoms in total. The summed E-state index contributed by atoms with van der Waals surface area (Å²) in [6, 6.07) is 8.95. The monoisotopic (exact) mass is 569 g/mol. The summed E-state index contributed by atoms with van der Waals surface area (Å²) < 4.78 is 16.1. The van der Waals surface area contributed by atoms with E-state index >= 15 is 0 Å². The zero-order chi connectivity index (χ0) is 29.1. The van der Waals surface area contributed by atoms with Crippen LogP contribution < -0.4 is 15.3 Å². The number of anilines is 2. The predicted molar refractivity (Wildman–Crippen MR) is 152 cm³/mol. The maximum absolute atomic E-state index is 13.7. The van der Waals surface area contributed by atoms with Gasteiger partial charge in [0.1, 0.15) is 17.0 Å². The van der Waals surface area contributed by atoms with Gasteiger partial charge in [0.2, 0.25) is 0 Å². The lowest BCUT2D eigenvalue weighted by Gasteiger charge is -2.35. The number of thiazole rings is 1. The largest absolute Gasteiger partial charge is 0.472 e. The summed E-state index contributed by atoms with van der Waals surface area (Å²) >= 11 is 1.18. The van der Waals surface area contributed by atoms with Gasteiger partial charge in [-0.2, -0.15) is 0 Å². The second-order valence-electron chi connectivity index (χ2n) is 11.3. The van der Waals surface area contributed by atoms with Crippen molar-refractivity contribution in [2.75, 3.05) is 36.1 Å². The molecule has 40 heavy (non-hydrogen) atoms. The topological polar surface area (TPSA) is 117 Å². The van der Waals surface area contributed by atoms with E-state index < -0.39 is 23.2 Å².